The molecule has 19 heavy (non-hydrogen) atoms. The molecule has 0 saturated carbocycles. The third kappa shape index (κ3) is 2.89. The second kappa shape index (κ2) is 5.61. The van der Waals surface area contributed by atoms with Crippen LogP contribution in [0.3, 0.4) is 0 Å². The van der Waals surface area contributed by atoms with Gasteiger partial charge in [-0.15, -0.1) is 0 Å². The maximum absolute atomic E-state index is 11.6. The predicted molar refractivity (Wildman–Crippen MR) is 75.4 cm³/mol. The van der Waals surface area contributed by atoms with Crippen LogP contribution in [0, 0.1) is 20.8 Å². The molecule has 0 bridgehead atoms. The second-order valence-electron chi connectivity index (χ2n) is 5.21. The minimum Gasteiger partial charge on any atom is -0.448 e. The van der Waals surface area contributed by atoms with Crippen molar-refractivity contribution in [3.63, 3.8) is 0 Å². The molecule has 1 aliphatic heterocycles. The average Bonchev–Trinajstić information content (AvgIpc) is 2.72. The first-order chi connectivity index (χ1) is 9.02. The number of aryl methyl sites for hydroxylation is 3. The van der Waals surface area contributed by atoms with E-state index in [1.54, 1.807) is 4.90 Å². The molecule has 0 spiro atoms. The third-order valence-corrected chi connectivity index (χ3v) is 3.68. The summed E-state index contributed by atoms with van der Waals surface area (Å²) in [5.41, 5.74) is 5.09. The molecule has 1 saturated heterocycles. The lowest BCUT2D eigenvalue weighted by atomic mass is 9.94. The van der Waals surface area contributed by atoms with Gasteiger partial charge in [-0.2, -0.15) is 0 Å². The number of cyclic esters (lactones) is 1. The normalized spacial score (nSPS) is 16.6. The molecule has 1 N–H and O–H groups in total. The lowest BCUT2D eigenvalue weighted by Gasteiger charge is -2.25. The number of likely N-dealkylation sites (N-methyl/N-ethyl adjacent to an activating group) is 1. The van der Waals surface area contributed by atoms with Crippen LogP contribution in [0.5, 0.6) is 0 Å². The maximum atomic E-state index is 11.6. The number of rotatable bonds is 4. The highest BCUT2D eigenvalue weighted by molar-refractivity contribution is 5.69. The summed E-state index contributed by atoms with van der Waals surface area (Å²) >= 11 is 0. The van der Waals surface area contributed by atoms with Crippen molar-refractivity contribution in [3.05, 3.63) is 34.4 Å². The Hall–Kier alpha value is -1.55. The van der Waals surface area contributed by atoms with E-state index >= 15 is 0 Å². The number of hydrogen-bond donors (Lipinski definition) is 1. The molecule has 1 unspecified atom stereocenters. The van der Waals surface area contributed by atoms with Gasteiger partial charge in [0.15, 0.2) is 0 Å². The van der Waals surface area contributed by atoms with Gasteiger partial charge in [0.1, 0.15) is 6.61 Å². The van der Waals surface area contributed by atoms with Gasteiger partial charge in [0.25, 0.3) is 0 Å². The number of carbonyl (C=O) groups is 1. The SMILES string of the molecule is CNC(CN1CCOC1=O)c1c(C)cc(C)cc1C. The van der Waals surface area contributed by atoms with Gasteiger partial charge in [-0.1, -0.05) is 17.7 Å². The van der Waals surface area contributed by atoms with Crippen molar-refractivity contribution in [2.75, 3.05) is 26.7 Å². The summed E-state index contributed by atoms with van der Waals surface area (Å²) in [4.78, 5) is 13.3. The van der Waals surface area contributed by atoms with E-state index in [-0.39, 0.29) is 12.1 Å². The fourth-order valence-electron chi connectivity index (χ4n) is 2.88. The summed E-state index contributed by atoms with van der Waals surface area (Å²) in [5, 5.41) is 3.32. The van der Waals surface area contributed by atoms with E-state index in [9.17, 15) is 4.79 Å². The third-order valence-electron chi connectivity index (χ3n) is 3.68. The van der Waals surface area contributed by atoms with Crippen molar-refractivity contribution >= 4 is 6.09 Å². The van der Waals surface area contributed by atoms with Crippen LogP contribution in [0.15, 0.2) is 12.1 Å². The first-order valence-electron chi connectivity index (χ1n) is 6.69. The standard InChI is InChI=1S/C15H22N2O2/c1-10-7-11(2)14(12(3)8-10)13(16-4)9-17-5-6-19-15(17)18/h7-8,13,16H,5-6,9H2,1-4H3. The van der Waals surface area contributed by atoms with Crippen LogP contribution in [-0.2, 0) is 4.74 Å². The molecule has 4 nitrogen and oxygen atoms in total. The largest absolute Gasteiger partial charge is 0.448 e. The second-order valence-corrected chi connectivity index (χ2v) is 5.21. The topological polar surface area (TPSA) is 41.6 Å². The van der Waals surface area contributed by atoms with Gasteiger partial charge < -0.3 is 15.0 Å². The Balaban J connectivity index is 2.24. The highest BCUT2D eigenvalue weighted by Gasteiger charge is 2.26. The van der Waals surface area contributed by atoms with Gasteiger partial charge in [-0.3, -0.25) is 0 Å². The molecule has 0 aliphatic carbocycles. The smallest absolute Gasteiger partial charge is 0.410 e. The molecule has 0 radical (unpaired) electrons. The molecule has 1 amide bonds. The Morgan fingerprint density at radius 3 is 2.42 bits per heavy atom. The molecule has 104 valence electrons. The first kappa shape index (κ1) is 13.9. The van der Waals surface area contributed by atoms with Gasteiger partial charge in [0.2, 0.25) is 0 Å². The van der Waals surface area contributed by atoms with Crippen LogP contribution in [0.25, 0.3) is 0 Å². The lowest BCUT2D eigenvalue weighted by molar-refractivity contribution is 0.156. The summed E-state index contributed by atoms with van der Waals surface area (Å²) in [6, 6.07) is 4.52. The van der Waals surface area contributed by atoms with E-state index in [0.29, 0.717) is 19.7 Å². The van der Waals surface area contributed by atoms with Crippen LogP contribution in [0.4, 0.5) is 4.79 Å². The fourth-order valence-corrected chi connectivity index (χ4v) is 2.88. The van der Waals surface area contributed by atoms with E-state index in [0.717, 1.165) is 0 Å². The van der Waals surface area contributed by atoms with Crippen molar-refractivity contribution < 1.29 is 9.53 Å². The Labute approximate surface area is 114 Å². The van der Waals surface area contributed by atoms with E-state index in [1.807, 2.05) is 7.05 Å². The van der Waals surface area contributed by atoms with E-state index in [4.69, 9.17) is 4.74 Å². The molecule has 2 rings (SSSR count). The molecule has 1 aromatic carbocycles. The van der Waals surface area contributed by atoms with Crippen molar-refractivity contribution in [3.8, 4) is 0 Å². The highest BCUT2D eigenvalue weighted by Crippen LogP contribution is 2.25. The molecule has 0 aromatic heterocycles. The molecule has 1 fully saturated rings. The Morgan fingerprint density at radius 2 is 1.95 bits per heavy atom. The summed E-state index contributed by atoms with van der Waals surface area (Å²) in [7, 11) is 1.94. The fraction of sp³-hybridized carbons (Fsp3) is 0.533. The van der Waals surface area contributed by atoms with Gasteiger partial charge >= 0.3 is 6.09 Å². The Bertz CT molecular complexity index is 462. The van der Waals surface area contributed by atoms with Gasteiger partial charge in [0.05, 0.1) is 12.6 Å². The van der Waals surface area contributed by atoms with Crippen molar-refractivity contribution in [2.45, 2.75) is 26.8 Å². The first-order valence-corrected chi connectivity index (χ1v) is 6.69. The number of amides is 1. The highest BCUT2D eigenvalue weighted by atomic mass is 16.6. The summed E-state index contributed by atoms with van der Waals surface area (Å²) in [6.45, 7) is 8.20. The van der Waals surface area contributed by atoms with Crippen LogP contribution in [-0.4, -0.2) is 37.7 Å². The van der Waals surface area contributed by atoms with E-state index in [2.05, 4.69) is 38.2 Å². The van der Waals surface area contributed by atoms with Crippen molar-refractivity contribution in [2.24, 2.45) is 0 Å². The van der Waals surface area contributed by atoms with E-state index < -0.39 is 0 Å². The van der Waals surface area contributed by atoms with Gasteiger partial charge in [0, 0.05) is 6.54 Å². The van der Waals surface area contributed by atoms with Crippen molar-refractivity contribution in [1.29, 1.82) is 0 Å². The number of carbonyl (C=O) groups excluding carboxylic acids is 1. The van der Waals surface area contributed by atoms with Crippen LogP contribution >= 0.6 is 0 Å². The van der Waals surface area contributed by atoms with E-state index in [1.165, 1.54) is 22.3 Å². The number of benzene rings is 1. The molecule has 1 atom stereocenters. The predicted octanol–water partition coefficient (Wildman–Crippen LogP) is 2.32. The summed E-state index contributed by atoms with van der Waals surface area (Å²) in [5.74, 6) is 0. The van der Waals surface area contributed by atoms with Gasteiger partial charge in [-0.05, 0) is 44.5 Å². The average molecular weight is 262 g/mol. The van der Waals surface area contributed by atoms with Crippen LogP contribution in [0.1, 0.15) is 28.3 Å². The molecular formula is C15H22N2O2. The summed E-state index contributed by atoms with van der Waals surface area (Å²) in [6.07, 6.45) is -0.206. The monoisotopic (exact) mass is 262 g/mol. The zero-order valence-corrected chi connectivity index (χ0v) is 12.1. The summed E-state index contributed by atoms with van der Waals surface area (Å²) < 4.78 is 4.99. The van der Waals surface area contributed by atoms with Crippen LogP contribution < -0.4 is 5.32 Å². The minimum atomic E-state index is -0.206. The van der Waals surface area contributed by atoms with Crippen molar-refractivity contribution in [1.82, 2.24) is 10.2 Å². The lowest BCUT2D eigenvalue weighted by Crippen LogP contribution is -2.35. The number of ether oxygens (including phenoxy) is 1. The number of nitrogens with one attached hydrogen (secondary N) is 1. The Morgan fingerprint density at radius 1 is 1.32 bits per heavy atom. The minimum absolute atomic E-state index is 0.145. The molecule has 1 heterocycles. The number of nitrogens with zero attached hydrogens (tertiary/aromatic N) is 1. The zero-order chi connectivity index (χ0) is 14.0. The van der Waals surface area contributed by atoms with Gasteiger partial charge in [-0.25, -0.2) is 4.79 Å². The van der Waals surface area contributed by atoms with Crippen LogP contribution in [0.2, 0.25) is 0 Å². The number of hydrogen-bond acceptors (Lipinski definition) is 3. The molecule has 1 aliphatic rings. The molecular weight excluding hydrogens is 240 g/mol. The molecule has 1 aromatic rings. The maximum Gasteiger partial charge on any atom is 0.410 e. The zero-order valence-electron chi connectivity index (χ0n) is 12.1. The molecule has 4 heteroatoms. The quantitative estimate of drug-likeness (QED) is 0.905. The Kier molecular flexibility index (Phi) is 4.10.